The molecule has 0 saturated heterocycles. The molecular formula is C16H27NO. The van der Waals surface area contributed by atoms with Crippen LogP contribution in [-0.2, 0) is 6.54 Å². The first-order chi connectivity index (χ1) is 8.63. The van der Waals surface area contributed by atoms with Crippen molar-refractivity contribution in [3.05, 3.63) is 35.9 Å². The Morgan fingerprint density at radius 2 is 1.83 bits per heavy atom. The van der Waals surface area contributed by atoms with Crippen molar-refractivity contribution >= 4 is 0 Å². The first-order valence-corrected chi connectivity index (χ1v) is 7.00. The summed E-state index contributed by atoms with van der Waals surface area (Å²) in [7, 11) is 0. The Kier molecular flexibility index (Phi) is 6.37. The molecule has 0 amide bonds. The second kappa shape index (κ2) is 7.55. The number of hydrogen-bond donors (Lipinski definition) is 1. The number of rotatable bonds is 8. The standard InChI is InChI=1S/C16H27NO/c1-4-11-16(3,14-18)13-17(5-2)12-15-9-7-6-8-10-15/h6-10,18H,4-5,11-14H2,1-3H3. The van der Waals surface area contributed by atoms with Crippen molar-refractivity contribution < 1.29 is 5.11 Å². The molecule has 0 radical (unpaired) electrons. The van der Waals surface area contributed by atoms with E-state index in [0.29, 0.717) is 0 Å². The van der Waals surface area contributed by atoms with Crippen LogP contribution >= 0.6 is 0 Å². The monoisotopic (exact) mass is 249 g/mol. The predicted octanol–water partition coefficient (Wildman–Crippen LogP) is 3.31. The van der Waals surface area contributed by atoms with E-state index in [4.69, 9.17) is 0 Å². The highest BCUT2D eigenvalue weighted by Gasteiger charge is 2.24. The van der Waals surface area contributed by atoms with E-state index in [9.17, 15) is 5.11 Å². The van der Waals surface area contributed by atoms with Gasteiger partial charge in [-0.2, -0.15) is 0 Å². The van der Waals surface area contributed by atoms with E-state index in [1.165, 1.54) is 5.56 Å². The zero-order chi connectivity index (χ0) is 13.4. The normalized spacial score (nSPS) is 14.7. The summed E-state index contributed by atoms with van der Waals surface area (Å²) in [5.74, 6) is 0. The van der Waals surface area contributed by atoms with Gasteiger partial charge in [0.05, 0.1) is 0 Å². The van der Waals surface area contributed by atoms with E-state index >= 15 is 0 Å². The minimum Gasteiger partial charge on any atom is -0.396 e. The summed E-state index contributed by atoms with van der Waals surface area (Å²) in [5, 5.41) is 9.60. The predicted molar refractivity (Wildman–Crippen MR) is 77.5 cm³/mol. The van der Waals surface area contributed by atoms with Gasteiger partial charge in [0.25, 0.3) is 0 Å². The average Bonchev–Trinajstić information content (AvgIpc) is 2.39. The number of aliphatic hydroxyl groups is 1. The summed E-state index contributed by atoms with van der Waals surface area (Å²) < 4.78 is 0. The van der Waals surface area contributed by atoms with Gasteiger partial charge in [0.1, 0.15) is 0 Å². The van der Waals surface area contributed by atoms with Crippen molar-refractivity contribution in [2.75, 3.05) is 19.7 Å². The fourth-order valence-corrected chi connectivity index (χ4v) is 2.47. The molecule has 1 aromatic rings. The largest absolute Gasteiger partial charge is 0.396 e. The summed E-state index contributed by atoms with van der Waals surface area (Å²) in [6, 6.07) is 10.5. The number of hydrogen-bond acceptors (Lipinski definition) is 2. The molecule has 1 unspecified atom stereocenters. The van der Waals surface area contributed by atoms with Crippen LogP contribution in [0.1, 0.15) is 39.2 Å². The molecule has 0 aliphatic carbocycles. The molecule has 1 atom stereocenters. The van der Waals surface area contributed by atoms with Crippen molar-refractivity contribution in [2.45, 2.75) is 40.2 Å². The highest BCUT2D eigenvalue weighted by atomic mass is 16.3. The van der Waals surface area contributed by atoms with E-state index in [1.807, 2.05) is 0 Å². The van der Waals surface area contributed by atoms with Crippen molar-refractivity contribution in [1.82, 2.24) is 4.90 Å². The third kappa shape index (κ3) is 4.79. The summed E-state index contributed by atoms with van der Waals surface area (Å²) in [4.78, 5) is 2.42. The minimum absolute atomic E-state index is 0.0273. The van der Waals surface area contributed by atoms with Gasteiger partial charge in [-0.25, -0.2) is 0 Å². The molecule has 1 N–H and O–H groups in total. The van der Waals surface area contributed by atoms with Gasteiger partial charge in [0.15, 0.2) is 0 Å². The Bertz CT molecular complexity index is 325. The van der Waals surface area contributed by atoms with Crippen molar-refractivity contribution in [3.8, 4) is 0 Å². The molecule has 0 heterocycles. The van der Waals surface area contributed by atoms with Gasteiger partial charge in [-0.15, -0.1) is 0 Å². The Balaban J connectivity index is 2.61. The van der Waals surface area contributed by atoms with E-state index in [2.05, 4.69) is 56.0 Å². The fourth-order valence-electron chi connectivity index (χ4n) is 2.47. The third-order valence-electron chi connectivity index (χ3n) is 3.54. The summed E-state index contributed by atoms with van der Waals surface area (Å²) in [5.41, 5.74) is 1.37. The second-order valence-corrected chi connectivity index (χ2v) is 5.51. The molecule has 2 heteroatoms. The van der Waals surface area contributed by atoms with Crippen molar-refractivity contribution in [3.63, 3.8) is 0 Å². The lowest BCUT2D eigenvalue weighted by Crippen LogP contribution is -2.38. The van der Waals surface area contributed by atoms with Gasteiger partial charge in [0.2, 0.25) is 0 Å². The number of nitrogens with zero attached hydrogens (tertiary/aromatic N) is 1. The molecule has 18 heavy (non-hydrogen) atoms. The van der Waals surface area contributed by atoms with Crippen molar-refractivity contribution in [1.29, 1.82) is 0 Å². The Labute approximate surface area is 112 Å². The molecule has 2 nitrogen and oxygen atoms in total. The molecule has 0 aliphatic heterocycles. The summed E-state index contributed by atoms with van der Waals surface area (Å²) >= 11 is 0. The topological polar surface area (TPSA) is 23.5 Å². The molecule has 0 bridgehead atoms. The highest BCUT2D eigenvalue weighted by Crippen LogP contribution is 2.24. The van der Waals surface area contributed by atoms with E-state index < -0.39 is 0 Å². The third-order valence-corrected chi connectivity index (χ3v) is 3.54. The maximum atomic E-state index is 9.60. The lowest BCUT2D eigenvalue weighted by molar-refractivity contribution is 0.0788. The summed E-state index contributed by atoms with van der Waals surface area (Å²) in [6.07, 6.45) is 2.20. The minimum atomic E-state index is 0.0273. The van der Waals surface area contributed by atoms with Crippen LogP contribution in [0.15, 0.2) is 30.3 Å². The van der Waals surface area contributed by atoms with Gasteiger partial charge >= 0.3 is 0 Å². The van der Waals surface area contributed by atoms with Gasteiger partial charge in [0, 0.05) is 25.1 Å². The highest BCUT2D eigenvalue weighted by molar-refractivity contribution is 5.14. The molecule has 0 aromatic heterocycles. The lowest BCUT2D eigenvalue weighted by atomic mass is 9.86. The van der Waals surface area contributed by atoms with Crippen LogP contribution in [0.5, 0.6) is 0 Å². The van der Waals surface area contributed by atoms with E-state index in [-0.39, 0.29) is 12.0 Å². The van der Waals surface area contributed by atoms with Crippen LogP contribution in [0.25, 0.3) is 0 Å². The van der Waals surface area contributed by atoms with E-state index in [0.717, 1.165) is 32.5 Å². The summed E-state index contributed by atoms with van der Waals surface area (Å²) in [6.45, 7) is 9.78. The van der Waals surface area contributed by atoms with Gasteiger partial charge in [-0.05, 0) is 18.5 Å². The lowest BCUT2D eigenvalue weighted by Gasteiger charge is -2.33. The number of aliphatic hydroxyl groups excluding tert-OH is 1. The van der Waals surface area contributed by atoms with Gasteiger partial charge in [-0.3, -0.25) is 4.90 Å². The maximum Gasteiger partial charge on any atom is 0.0497 e. The Morgan fingerprint density at radius 3 is 2.33 bits per heavy atom. The zero-order valence-electron chi connectivity index (χ0n) is 12.0. The maximum absolute atomic E-state index is 9.60. The molecule has 1 aromatic carbocycles. The van der Waals surface area contributed by atoms with Gasteiger partial charge < -0.3 is 5.11 Å². The quantitative estimate of drug-likeness (QED) is 0.764. The van der Waals surface area contributed by atoms with Crippen LogP contribution in [0.2, 0.25) is 0 Å². The molecule has 1 rings (SSSR count). The first-order valence-electron chi connectivity index (χ1n) is 7.00. The zero-order valence-corrected chi connectivity index (χ0v) is 12.0. The van der Waals surface area contributed by atoms with Crippen LogP contribution in [0, 0.1) is 5.41 Å². The molecule has 102 valence electrons. The number of benzene rings is 1. The Hall–Kier alpha value is -0.860. The van der Waals surface area contributed by atoms with Crippen LogP contribution in [0.4, 0.5) is 0 Å². The molecule has 0 fully saturated rings. The van der Waals surface area contributed by atoms with Crippen LogP contribution in [0.3, 0.4) is 0 Å². The van der Waals surface area contributed by atoms with Crippen LogP contribution in [-0.4, -0.2) is 29.7 Å². The first kappa shape index (κ1) is 15.2. The molecule has 0 spiro atoms. The Morgan fingerprint density at radius 1 is 1.17 bits per heavy atom. The average molecular weight is 249 g/mol. The molecule has 0 saturated carbocycles. The molecular weight excluding hydrogens is 222 g/mol. The second-order valence-electron chi connectivity index (χ2n) is 5.51. The van der Waals surface area contributed by atoms with Crippen LogP contribution < -0.4 is 0 Å². The molecule has 0 aliphatic rings. The SMILES string of the molecule is CCCC(C)(CO)CN(CC)Cc1ccccc1. The van der Waals surface area contributed by atoms with E-state index in [1.54, 1.807) is 0 Å². The fraction of sp³-hybridized carbons (Fsp3) is 0.625. The van der Waals surface area contributed by atoms with Gasteiger partial charge in [-0.1, -0.05) is 57.5 Å². The van der Waals surface area contributed by atoms with Crippen molar-refractivity contribution in [2.24, 2.45) is 5.41 Å². The smallest absolute Gasteiger partial charge is 0.0497 e.